The lowest BCUT2D eigenvalue weighted by atomic mass is 10.3. The number of aliphatic hydroxyl groups excluding tert-OH is 1. The summed E-state index contributed by atoms with van der Waals surface area (Å²) in [5.41, 5.74) is 0.539. The highest BCUT2D eigenvalue weighted by Crippen LogP contribution is 2.20. The Morgan fingerprint density at radius 1 is 1.43 bits per heavy atom. The molecule has 0 spiro atoms. The van der Waals surface area contributed by atoms with Gasteiger partial charge in [-0.1, -0.05) is 0 Å². The van der Waals surface area contributed by atoms with E-state index in [-0.39, 0.29) is 37.1 Å². The molecule has 0 saturated carbocycles. The van der Waals surface area contributed by atoms with E-state index in [1.807, 2.05) is 0 Å². The van der Waals surface area contributed by atoms with Crippen LogP contribution >= 0.6 is 0 Å². The van der Waals surface area contributed by atoms with E-state index in [1.54, 1.807) is 0 Å². The van der Waals surface area contributed by atoms with Crippen molar-refractivity contribution in [3.05, 3.63) is 24.3 Å². The molecule has 8 heteroatoms. The number of nitrogens with zero attached hydrogens (tertiary/aromatic N) is 1. The van der Waals surface area contributed by atoms with Gasteiger partial charge in [0.25, 0.3) is 0 Å². The van der Waals surface area contributed by atoms with Gasteiger partial charge in [-0.2, -0.15) is 4.31 Å². The van der Waals surface area contributed by atoms with Gasteiger partial charge >= 0.3 is 0 Å². The van der Waals surface area contributed by atoms with Crippen LogP contribution in [0.2, 0.25) is 0 Å². The van der Waals surface area contributed by atoms with Gasteiger partial charge in [0.15, 0.2) is 0 Å². The van der Waals surface area contributed by atoms with Crippen LogP contribution in [-0.4, -0.2) is 56.1 Å². The number of morpholine rings is 1. The van der Waals surface area contributed by atoms with Crippen molar-refractivity contribution in [1.82, 2.24) is 4.31 Å². The topological polar surface area (TPSA) is 95.9 Å². The van der Waals surface area contributed by atoms with Crippen molar-refractivity contribution < 1.29 is 23.1 Å². The number of carbonyl (C=O) groups is 1. The largest absolute Gasteiger partial charge is 0.394 e. The van der Waals surface area contributed by atoms with Crippen LogP contribution in [0.1, 0.15) is 6.92 Å². The quantitative estimate of drug-likeness (QED) is 0.817. The van der Waals surface area contributed by atoms with Gasteiger partial charge in [-0.05, 0) is 24.3 Å². The van der Waals surface area contributed by atoms with Crippen LogP contribution in [0.15, 0.2) is 29.2 Å². The number of anilines is 1. The monoisotopic (exact) mass is 314 g/mol. The number of hydrogen-bond donors (Lipinski definition) is 2. The van der Waals surface area contributed by atoms with Crippen molar-refractivity contribution >= 4 is 21.6 Å². The summed E-state index contributed by atoms with van der Waals surface area (Å²) in [5.74, 6) is -0.218. The zero-order chi connectivity index (χ0) is 15.5. The first-order valence-electron chi connectivity index (χ1n) is 6.54. The van der Waals surface area contributed by atoms with Gasteiger partial charge in [-0.15, -0.1) is 0 Å². The van der Waals surface area contributed by atoms with Gasteiger partial charge in [0, 0.05) is 25.7 Å². The summed E-state index contributed by atoms with van der Waals surface area (Å²) in [6.45, 7) is 1.81. The highest BCUT2D eigenvalue weighted by Gasteiger charge is 2.30. The van der Waals surface area contributed by atoms with Gasteiger partial charge < -0.3 is 15.2 Å². The Bertz CT molecular complexity index is 599. The number of sulfonamides is 1. The summed E-state index contributed by atoms with van der Waals surface area (Å²) in [5, 5.41) is 11.7. The number of ether oxygens (including phenoxy) is 1. The number of nitrogens with one attached hydrogen (secondary N) is 1. The van der Waals surface area contributed by atoms with Crippen LogP contribution in [0.5, 0.6) is 0 Å². The molecule has 0 aliphatic carbocycles. The van der Waals surface area contributed by atoms with E-state index in [2.05, 4.69) is 5.32 Å². The summed E-state index contributed by atoms with van der Waals surface area (Å²) in [6.07, 6.45) is -0.493. The first kappa shape index (κ1) is 15.9. The molecule has 7 nitrogen and oxygen atoms in total. The van der Waals surface area contributed by atoms with E-state index in [4.69, 9.17) is 9.84 Å². The van der Waals surface area contributed by atoms with Gasteiger partial charge in [0.1, 0.15) is 0 Å². The zero-order valence-electron chi connectivity index (χ0n) is 11.7. The van der Waals surface area contributed by atoms with Crippen LogP contribution in [0, 0.1) is 0 Å². The van der Waals surface area contributed by atoms with Crippen molar-refractivity contribution in [1.29, 1.82) is 0 Å². The van der Waals surface area contributed by atoms with E-state index >= 15 is 0 Å². The number of hydrogen-bond acceptors (Lipinski definition) is 5. The van der Waals surface area contributed by atoms with E-state index in [0.29, 0.717) is 5.69 Å². The highest BCUT2D eigenvalue weighted by molar-refractivity contribution is 7.89. The van der Waals surface area contributed by atoms with Gasteiger partial charge in [-0.25, -0.2) is 8.42 Å². The summed E-state index contributed by atoms with van der Waals surface area (Å²) >= 11 is 0. The van der Waals surface area contributed by atoms with Gasteiger partial charge in [0.2, 0.25) is 15.9 Å². The molecule has 1 aromatic rings. The van der Waals surface area contributed by atoms with Crippen LogP contribution in [0.4, 0.5) is 5.69 Å². The maximum Gasteiger partial charge on any atom is 0.243 e. The maximum absolute atomic E-state index is 12.5. The molecule has 0 radical (unpaired) electrons. The molecule has 1 aliphatic rings. The Hall–Kier alpha value is -1.48. The average molecular weight is 314 g/mol. The lowest BCUT2D eigenvalue weighted by Crippen LogP contribution is -2.46. The molecule has 2 N–H and O–H groups in total. The number of amides is 1. The third-order valence-electron chi connectivity index (χ3n) is 3.12. The Morgan fingerprint density at radius 2 is 2.10 bits per heavy atom. The number of aliphatic hydroxyl groups is 1. The van der Waals surface area contributed by atoms with Crippen molar-refractivity contribution in [3.8, 4) is 0 Å². The molecule has 2 rings (SSSR count). The normalized spacial score (nSPS) is 20.2. The third kappa shape index (κ3) is 3.79. The predicted octanol–water partition coefficient (Wildman–Crippen LogP) is 0.0268. The van der Waals surface area contributed by atoms with Gasteiger partial charge in [-0.3, -0.25) is 4.79 Å². The van der Waals surface area contributed by atoms with E-state index in [0.717, 1.165) is 0 Å². The number of rotatable bonds is 4. The molecule has 116 valence electrons. The third-order valence-corrected chi connectivity index (χ3v) is 5.00. The van der Waals surface area contributed by atoms with E-state index in [9.17, 15) is 13.2 Å². The fourth-order valence-electron chi connectivity index (χ4n) is 2.08. The summed E-state index contributed by atoms with van der Waals surface area (Å²) in [6, 6.07) is 5.98. The number of carbonyl (C=O) groups excluding carboxylic acids is 1. The van der Waals surface area contributed by atoms with Gasteiger partial charge in [0.05, 0.1) is 24.2 Å². The Labute approximate surface area is 123 Å². The minimum absolute atomic E-state index is 0.131. The fourth-order valence-corrected chi connectivity index (χ4v) is 3.54. The Morgan fingerprint density at radius 3 is 2.67 bits per heavy atom. The summed E-state index contributed by atoms with van der Waals surface area (Å²) < 4.78 is 31.5. The van der Waals surface area contributed by atoms with Crippen LogP contribution in [0.3, 0.4) is 0 Å². The molecule has 1 unspecified atom stereocenters. The molecule has 1 heterocycles. The first-order valence-corrected chi connectivity index (χ1v) is 7.98. The summed E-state index contributed by atoms with van der Waals surface area (Å²) in [4.78, 5) is 11.1. The van der Waals surface area contributed by atoms with Crippen molar-refractivity contribution in [2.75, 3.05) is 31.6 Å². The highest BCUT2D eigenvalue weighted by atomic mass is 32.2. The SMILES string of the molecule is CC(=O)Nc1ccc(S(=O)(=O)N2CCOC(CO)C2)cc1. The minimum Gasteiger partial charge on any atom is -0.394 e. The Balaban J connectivity index is 2.17. The molecular formula is C13H18N2O5S. The molecule has 1 amide bonds. The maximum atomic E-state index is 12.5. The molecule has 1 fully saturated rings. The molecule has 0 bridgehead atoms. The molecule has 1 atom stereocenters. The van der Waals surface area contributed by atoms with E-state index < -0.39 is 16.1 Å². The zero-order valence-corrected chi connectivity index (χ0v) is 12.5. The van der Waals surface area contributed by atoms with Crippen molar-refractivity contribution in [3.63, 3.8) is 0 Å². The van der Waals surface area contributed by atoms with E-state index in [1.165, 1.54) is 35.5 Å². The van der Waals surface area contributed by atoms with Crippen LogP contribution in [0.25, 0.3) is 0 Å². The number of benzene rings is 1. The van der Waals surface area contributed by atoms with Crippen LogP contribution in [-0.2, 0) is 19.6 Å². The first-order chi connectivity index (χ1) is 9.93. The second kappa shape index (κ2) is 6.52. The smallest absolute Gasteiger partial charge is 0.243 e. The van der Waals surface area contributed by atoms with Crippen LogP contribution < -0.4 is 5.32 Å². The standard InChI is InChI=1S/C13H18N2O5S/c1-10(17)14-11-2-4-13(5-3-11)21(18,19)15-6-7-20-12(8-15)9-16/h2-5,12,16H,6-9H2,1H3,(H,14,17). The second-order valence-electron chi connectivity index (χ2n) is 4.74. The summed E-state index contributed by atoms with van der Waals surface area (Å²) in [7, 11) is -3.62. The fraction of sp³-hybridized carbons (Fsp3) is 0.462. The predicted molar refractivity (Wildman–Crippen MR) is 76.3 cm³/mol. The molecule has 1 saturated heterocycles. The van der Waals surface area contributed by atoms with Crippen molar-refractivity contribution in [2.45, 2.75) is 17.9 Å². The lowest BCUT2D eigenvalue weighted by Gasteiger charge is -2.31. The molecule has 0 aromatic heterocycles. The van der Waals surface area contributed by atoms with Crippen molar-refractivity contribution in [2.24, 2.45) is 0 Å². The average Bonchev–Trinajstić information content (AvgIpc) is 2.47. The molecule has 21 heavy (non-hydrogen) atoms. The second-order valence-corrected chi connectivity index (χ2v) is 6.68. The molecular weight excluding hydrogens is 296 g/mol. The minimum atomic E-state index is -3.62. The Kier molecular flexibility index (Phi) is 4.94. The molecule has 1 aliphatic heterocycles. The molecule has 1 aromatic carbocycles. The lowest BCUT2D eigenvalue weighted by molar-refractivity contribution is -0.114.